The Morgan fingerprint density at radius 3 is 2.26 bits per heavy atom. The summed E-state index contributed by atoms with van der Waals surface area (Å²) in [5.74, 6) is 0.791. The van der Waals surface area contributed by atoms with Crippen molar-refractivity contribution < 1.29 is 9.53 Å². The van der Waals surface area contributed by atoms with Crippen molar-refractivity contribution in [2.75, 3.05) is 6.61 Å². The van der Waals surface area contributed by atoms with Gasteiger partial charge in [0.15, 0.2) is 0 Å². The van der Waals surface area contributed by atoms with Crippen LogP contribution in [0.25, 0.3) is 21.8 Å². The van der Waals surface area contributed by atoms with Crippen LogP contribution in [0.3, 0.4) is 0 Å². The molecule has 1 heterocycles. The van der Waals surface area contributed by atoms with Crippen LogP contribution in [0.4, 0.5) is 0 Å². The number of aromatic nitrogens is 1. The molecule has 0 aliphatic heterocycles. The van der Waals surface area contributed by atoms with E-state index in [1.165, 1.54) is 17.9 Å². The first kappa shape index (κ1) is 25.0. The zero-order valence-corrected chi connectivity index (χ0v) is 23.4. The van der Waals surface area contributed by atoms with E-state index in [0.29, 0.717) is 19.4 Å². The Morgan fingerprint density at radius 2 is 1.65 bits per heavy atom. The van der Waals surface area contributed by atoms with Crippen LogP contribution in [0.1, 0.15) is 31.7 Å². The van der Waals surface area contributed by atoms with E-state index in [1.807, 2.05) is 24.3 Å². The number of amides is 1. The minimum atomic E-state index is -0.0954. The topological polar surface area (TPSA) is 55.6 Å². The Balaban J connectivity index is 1.33. The van der Waals surface area contributed by atoms with Crippen molar-refractivity contribution in [3.05, 3.63) is 73.4 Å². The smallest absolute Gasteiger partial charge is 0.241 e. The number of carbonyl (C=O) groups excluding carboxylic acids is 1. The molecule has 1 N–H and O–H groups in total. The summed E-state index contributed by atoms with van der Waals surface area (Å²) in [6.45, 7) is 3.49. The molecule has 5 nitrogen and oxygen atoms in total. The standard InChI is InChI=1S/C27H27I2N3O2/c1-2-3-16-34-22-8-4-19(5-9-22)12-14-30-31-27(33)13-15-32-25-10-6-20(28)17-23(25)24-18-21(29)7-11-26(24)32/h4-11,14,17-18H,2-3,12-13,15-16H2,1H3,(H,31,33). The highest BCUT2D eigenvalue weighted by atomic mass is 127. The lowest BCUT2D eigenvalue weighted by atomic mass is 10.1. The zero-order valence-electron chi connectivity index (χ0n) is 19.1. The van der Waals surface area contributed by atoms with E-state index in [4.69, 9.17) is 4.74 Å². The number of hydrogen-bond acceptors (Lipinski definition) is 3. The maximum absolute atomic E-state index is 12.4. The van der Waals surface area contributed by atoms with Gasteiger partial charge >= 0.3 is 0 Å². The first-order valence-electron chi connectivity index (χ1n) is 11.4. The summed E-state index contributed by atoms with van der Waals surface area (Å²) in [6.07, 6.45) is 4.92. The molecule has 34 heavy (non-hydrogen) atoms. The molecule has 4 aromatic rings. The molecule has 1 amide bonds. The first-order chi connectivity index (χ1) is 16.5. The van der Waals surface area contributed by atoms with Crippen molar-refractivity contribution >= 4 is 79.1 Å². The number of carbonyl (C=O) groups is 1. The molecule has 0 aliphatic rings. The zero-order chi connectivity index (χ0) is 23.9. The van der Waals surface area contributed by atoms with Crippen LogP contribution in [0.2, 0.25) is 0 Å². The van der Waals surface area contributed by atoms with E-state index in [0.717, 1.165) is 41.8 Å². The fraction of sp³-hybridized carbons (Fsp3) is 0.259. The fourth-order valence-corrected chi connectivity index (χ4v) is 4.87. The van der Waals surface area contributed by atoms with Gasteiger partial charge < -0.3 is 9.30 Å². The Morgan fingerprint density at radius 1 is 1.00 bits per heavy atom. The SMILES string of the molecule is CCCCOc1ccc(CC=NNC(=O)CCn2c3ccc(I)cc3c3cc(I)ccc32)cc1. The molecular weight excluding hydrogens is 652 g/mol. The average Bonchev–Trinajstić information content (AvgIpc) is 3.13. The summed E-state index contributed by atoms with van der Waals surface area (Å²) in [6, 6.07) is 20.9. The number of aryl methyl sites for hydroxylation is 1. The van der Waals surface area contributed by atoms with Gasteiger partial charge in [-0.05, 0) is 106 Å². The molecule has 0 saturated carbocycles. The minimum absolute atomic E-state index is 0.0954. The number of unbranched alkanes of at least 4 members (excludes halogenated alkanes) is 1. The van der Waals surface area contributed by atoms with Gasteiger partial charge in [-0.25, -0.2) is 5.43 Å². The molecule has 0 unspecified atom stereocenters. The molecule has 7 heteroatoms. The lowest BCUT2D eigenvalue weighted by Gasteiger charge is -2.07. The molecule has 0 atom stereocenters. The highest BCUT2D eigenvalue weighted by Gasteiger charge is 2.12. The van der Waals surface area contributed by atoms with Crippen LogP contribution in [0, 0.1) is 7.14 Å². The van der Waals surface area contributed by atoms with Crippen molar-refractivity contribution in [3.8, 4) is 5.75 Å². The first-order valence-corrected chi connectivity index (χ1v) is 13.6. The number of halogens is 2. The van der Waals surface area contributed by atoms with E-state index >= 15 is 0 Å². The van der Waals surface area contributed by atoms with Crippen LogP contribution < -0.4 is 10.2 Å². The van der Waals surface area contributed by atoms with E-state index in [2.05, 4.69) is 104 Å². The predicted molar refractivity (Wildman–Crippen MR) is 157 cm³/mol. The second-order valence-electron chi connectivity index (χ2n) is 8.12. The van der Waals surface area contributed by atoms with Crippen LogP contribution in [-0.4, -0.2) is 23.3 Å². The molecule has 0 bridgehead atoms. The molecule has 1 aromatic heterocycles. The monoisotopic (exact) mass is 679 g/mol. The summed E-state index contributed by atoms with van der Waals surface area (Å²) in [5.41, 5.74) is 6.08. The van der Waals surface area contributed by atoms with E-state index in [9.17, 15) is 4.79 Å². The number of fused-ring (bicyclic) bond motifs is 3. The van der Waals surface area contributed by atoms with E-state index < -0.39 is 0 Å². The Kier molecular flexibility index (Phi) is 8.82. The fourth-order valence-electron chi connectivity index (χ4n) is 3.88. The predicted octanol–water partition coefficient (Wildman–Crippen LogP) is 6.92. The van der Waals surface area contributed by atoms with Gasteiger partial charge in [0.25, 0.3) is 0 Å². The Labute approximate surface area is 227 Å². The quantitative estimate of drug-likeness (QED) is 0.0858. The minimum Gasteiger partial charge on any atom is -0.494 e. The second kappa shape index (κ2) is 12.0. The van der Waals surface area contributed by atoms with E-state index in [1.54, 1.807) is 6.21 Å². The highest BCUT2D eigenvalue weighted by Crippen LogP contribution is 2.31. The lowest BCUT2D eigenvalue weighted by Crippen LogP contribution is -2.19. The van der Waals surface area contributed by atoms with Gasteiger partial charge in [-0.3, -0.25) is 4.79 Å². The van der Waals surface area contributed by atoms with Gasteiger partial charge in [-0.15, -0.1) is 0 Å². The molecule has 4 rings (SSSR count). The number of hydrazone groups is 1. The summed E-state index contributed by atoms with van der Waals surface area (Å²) >= 11 is 4.69. The number of nitrogens with one attached hydrogen (secondary N) is 1. The van der Waals surface area contributed by atoms with E-state index in [-0.39, 0.29) is 5.91 Å². The molecule has 176 valence electrons. The third-order valence-electron chi connectivity index (χ3n) is 5.65. The van der Waals surface area contributed by atoms with Crippen LogP contribution in [0.15, 0.2) is 65.8 Å². The van der Waals surface area contributed by atoms with Crippen LogP contribution in [-0.2, 0) is 17.8 Å². The largest absolute Gasteiger partial charge is 0.494 e. The number of rotatable bonds is 10. The van der Waals surface area contributed by atoms with Crippen molar-refractivity contribution in [3.63, 3.8) is 0 Å². The summed E-state index contributed by atoms with van der Waals surface area (Å²) < 4.78 is 10.3. The lowest BCUT2D eigenvalue weighted by molar-refractivity contribution is -0.121. The highest BCUT2D eigenvalue weighted by molar-refractivity contribution is 14.1. The molecule has 0 saturated heterocycles. The Hall–Kier alpha value is -2.14. The molecular formula is C27H27I2N3O2. The average molecular weight is 679 g/mol. The maximum Gasteiger partial charge on any atom is 0.241 e. The second-order valence-corrected chi connectivity index (χ2v) is 10.6. The van der Waals surface area contributed by atoms with Gasteiger partial charge in [0.2, 0.25) is 5.91 Å². The third-order valence-corrected chi connectivity index (χ3v) is 6.99. The van der Waals surface area contributed by atoms with Crippen molar-refractivity contribution in [1.82, 2.24) is 9.99 Å². The number of hydrogen-bond donors (Lipinski definition) is 1. The maximum atomic E-state index is 12.4. The Bertz CT molecular complexity index is 1250. The molecule has 0 aliphatic carbocycles. The molecule has 3 aromatic carbocycles. The van der Waals surface area contributed by atoms with Crippen molar-refractivity contribution in [2.24, 2.45) is 5.10 Å². The number of nitrogens with zero attached hydrogens (tertiary/aromatic N) is 2. The van der Waals surface area contributed by atoms with Gasteiger partial charge in [0.05, 0.1) is 6.61 Å². The number of ether oxygens (including phenoxy) is 1. The summed E-state index contributed by atoms with van der Waals surface area (Å²) in [5, 5.41) is 6.58. The van der Waals surface area contributed by atoms with Gasteiger partial charge in [-0.2, -0.15) is 5.10 Å². The molecule has 0 spiro atoms. The van der Waals surface area contributed by atoms with Crippen LogP contribution in [0.5, 0.6) is 5.75 Å². The van der Waals surface area contributed by atoms with Crippen molar-refractivity contribution in [1.29, 1.82) is 0 Å². The van der Waals surface area contributed by atoms with Gasteiger partial charge in [-0.1, -0.05) is 25.5 Å². The molecule has 0 radical (unpaired) electrons. The van der Waals surface area contributed by atoms with Crippen LogP contribution >= 0.6 is 45.2 Å². The summed E-state index contributed by atoms with van der Waals surface area (Å²) in [7, 11) is 0. The van der Waals surface area contributed by atoms with Gasteiger partial charge in [0, 0.05) is 54.5 Å². The normalized spacial score (nSPS) is 11.5. The van der Waals surface area contributed by atoms with Crippen molar-refractivity contribution in [2.45, 2.75) is 39.2 Å². The molecule has 0 fully saturated rings. The summed E-state index contributed by atoms with van der Waals surface area (Å²) in [4.78, 5) is 12.4. The van der Waals surface area contributed by atoms with Gasteiger partial charge in [0.1, 0.15) is 5.75 Å². The third kappa shape index (κ3) is 6.29. The number of benzene rings is 3.